The average Bonchev–Trinajstić information content (AvgIpc) is 3.34. The summed E-state index contributed by atoms with van der Waals surface area (Å²) in [6, 6.07) is 85.1. The lowest BCUT2D eigenvalue weighted by Crippen LogP contribution is -2.15. The summed E-state index contributed by atoms with van der Waals surface area (Å²) >= 11 is 0. The lowest BCUT2D eigenvalue weighted by molar-refractivity contribution is 1.24. The van der Waals surface area contributed by atoms with Gasteiger partial charge < -0.3 is 14.7 Å². The van der Waals surface area contributed by atoms with Crippen LogP contribution in [-0.2, 0) is 0 Å². The number of hydrogen-bond acceptors (Lipinski definition) is 5. The van der Waals surface area contributed by atoms with Gasteiger partial charge in [0.25, 0.3) is 0 Å². The third-order valence-electron chi connectivity index (χ3n) is 10.7. The minimum atomic E-state index is 0.558. The second-order valence-electron chi connectivity index (χ2n) is 14.4. The van der Waals surface area contributed by atoms with E-state index in [-0.39, 0.29) is 0 Å². The summed E-state index contributed by atoms with van der Waals surface area (Å²) in [6.07, 6.45) is 0. The fraction of sp³-hybridized carbons (Fsp3) is 0. The van der Waals surface area contributed by atoms with Crippen LogP contribution in [0.25, 0.3) is 22.3 Å². The molecule has 0 atom stereocenters. The number of nitriles is 2. The molecule has 0 spiro atoms. The standard InChI is InChI=1S/C56H39N5/c57-40-42-18-13-15-28-52(42)54-30-17-31-55(53-29-16-14-19-43(53)41-58)56(54)61(50-36-32-48(33-37-50)59(44-20-5-1-6-21-44)45-22-7-2-8-23-45)51-38-34-49(35-39-51)60(46-24-9-3-10-25-46)47-26-11-4-12-27-47/h1-39H. The van der Waals surface area contributed by atoms with Crippen molar-refractivity contribution in [3.8, 4) is 34.4 Å². The summed E-state index contributed by atoms with van der Waals surface area (Å²) in [5.41, 5.74) is 13.3. The van der Waals surface area contributed by atoms with Crippen LogP contribution in [0.4, 0.5) is 51.2 Å². The molecule has 9 aromatic carbocycles. The molecule has 9 aromatic rings. The molecule has 0 saturated carbocycles. The normalized spacial score (nSPS) is 10.6. The van der Waals surface area contributed by atoms with Crippen LogP contribution >= 0.6 is 0 Å². The van der Waals surface area contributed by atoms with Gasteiger partial charge in [-0.3, -0.25) is 0 Å². The largest absolute Gasteiger partial charge is 0.311 e. The fourth-order valence-corrected chi connectivity index (χ4v) is 7.96. The van der Waals surface area contributed by atoms with Crippen LogP contribution in [-0.4, -0.2) is 0 Å². The highest BCUT2D eigenvalue weighted by molar-refractivity contribution is 5.99. The van der Waals surface area contributed by atoms with Gasteiger partial charge in [-0.15, -0.1) is 0 Å². The number of nitrogens with zero attached hydrogens (tertiary/aromatic N) is 5. The number of para-hydroxylation sites is 5. The molecular weight excluding hydrogens is 743 g/mol. The Labute approximate surface area is 357 Å². The van der Waals surface area contributed by atoms with E-state index in [0.29, 0.717) is 11.1 Å². The second-order valence-corrected chi connectivity index (χ2v) is 14.4. The number of benzene rings is 9. The van der Waals surface area contributed by atoms with Crippen LogP contribution in [0.1, 0.15) is 11.1 Å². The molecule has 0 aliphatic rings. The van der Waals surface area contributed by atoms with Crippen molar-refractivity contribution in [2.45, 2.75) is 0 Å². The molecule has 0 fully saturated rings. The summed E-state index contributed by atoms with van der Waals surface area (Å²) in [5.74, 6) is 0. The van der Waals surface area contributed by atoms with Crippen LogP contribution < -0.4 is 14.7 Å². The Bertz CT molecular complexity index is 2690. The van der Waals surface area contributed by atoms with Gasteiger partial charge in [-0.25, -0.2) is 0 Å². The fourth-order valence-electron chi connectivity index (χ4n) is 7.96. The Balaban J connectivity index is 1.28. The first-order valence-corrected chi connectivity index (χ1v) is 20.1. The highest BCUT2D eigenvalue weighted by Gasteiger charge is 2.25. The Morgan fingerprint density at radius 1 is 0.230 bits per heavy atom. The third kappa shape index (κ3) is 7.71. The van der Waals surface area contributed by atoms with E-state index in [0.717, 1.165) is 73.4 Å². The minimum Gasteiger partial charge on any atom is -0.311 e. The molecule has 5 heteroatoms. The average molecular weight is 782 g/mol. The van der Waals surface area contributed by atoms with Gasteiger partial charge in [-0.2, -0.15) is 10.5 Å². The Hall–Kier alpha value is -8.64. The Kier molecular flexibility index (Phi) is 10.9. The minimum absolute atomic E-state index is 0.558. The first-order chi connectivity index (χ1) is 30.2. The molecule has 0 aliphatic carbocycles. The monoisotopic (exact) mass is 781 g/mol. The van der Waals surface area contributed by atoms with Crippen LogP contribution in [0.5, 0.6) is 0 Å². The van der Waals surface area contributed by atoms with Gasteiger partial charge in [0.1, 0.15) is 0 Å². The zero-order valence-electron chi connectivity index (χ0n) is 33.3. The Morgan fingerprint density at radius 2 is 0.475 bits per heavy atom. The molecule has 288 valence electrons. The molecule has 0 aliphatic heterocycles. The molecule has 0 N–H and O–H groups in total. The van der Waals surface area contributed by atoms with E-state index in [1.807, 2.05) is 78.9 Å². The van der Waals surface area contributed by atoms with E-state index in [1.165, 1.54) is 0 Å². The first kappa shape index (κ1) is 37.9. The number of hydrogen-bond donors (Lipinski definition) is 0. The molecular formula is C56H39N5. The maximum absolute atomic E-state index is 10.4. The summed E-state index contributed by atoms with van der Waals surface area (Å²) < 4.78 is 0. The molecule has 5 nitrogen and oxygen atoms in total. The molecule has 0 heterocycles. The van der Waals surface area contributed by atoms with Crippen LogP contribution in [0.2, 0.25) is 0 Å². The summed E-state index contributed by atoms with van der Waals surface area (Å²) in [5, 5.41) is 20.9. The molecule has 0 radical (unpaired) electrons. The molecule has 9 rings (SSSR count). The smallest absolute Gasteiger partial charge is 0.0998 e. The molecule has 0 unspecified atom stereocenters. The van der Waals surface area contributed by atoms with Crippen LogP contribution in [0.15, 0.2) is 237 Å². The summed E-state index contributed by atoms with van der Waals surface area (Å²) in [6.45, 7) is 0. The topological polar surface area (TPSA) is 57.3 Å². The first-order valence-electron chi connectivity index (χ1n) is 20.1. The van der Waals surface area contributed by atoms with Gasteiger partial charge in [0.2, 0.25) is 0 Å². The van der Waals surface area contributed by atoms with Crippen molar-refractivity contribution in [3.63, 3.8) is 0 Å². The Morgan fingerprint density at radius 3 is 0.787 bits per heavy atom. The van der Waals surface area contributed by atoms with Gasteiger partial charge in [-0.05, 0) is 109 Å². The third-order valence-corrected chi connectivity index (χ3v) is 10.7. The van der Waals surface area contributed by atoms with Gasteiger partial charge in [0.15, 0.2) is 0 Å². The predicted octanol–water partition coefficient (Wildman–Crippen LogP) is 15.2. The molecule has 0 bridgehead atoms. The second kappa shape index (κ2) is 17.5. The van der Waals surface area contributed by atoms with Gasteiger partial charge in [0.05, 0.1) is 29.0 Å². The van der Waals surface area contributed by atoms with Crippen LogP contribution in [0, 0.1) is 22.7 Å². The van der Waals surface area contributed by atoms with Crippen LogP contribution in [0.3, 0.4) is 0 Å². The van der Waals surface area contributed by atoms with E-state index >= 15 is 0 Å². The van der Waals surface area contributed by atoms with Crippen molar-refractivity contribution < 1.29 is 0 Å². The van der Waals surface area contributed by atoms with Crippen molar-refractivity contribution >= 4 is 51.2 Å². The maximum Gasteiger partial charge on any atom is 0.0998 e. The van der Waals surface area contributed by atoms with Crippen molar-refractivity contribution in [3.05, 3.63) is 248 Å². The molecule has 0 saturated heterocycles. The van der Waals surface area contributed by atoms with Crippen molar-refractivity contribution in [2.24, 2.45) is 0 Å². The number of rotatable bonds is 11. The highest BCUT2D eigenvalue weighted by Crippen LogP contribution is 2.49. The van der Waals surface area contributed by atoms with E-state index in [4.69, 9.17) is 0 Å². The van der Waals surface area contributed by atoms with Gasteiger partial charge >= 0.3 is 0 Å². The molecule has 0 amide bonds. The summed E-state index contributed by atoms with van der Waals surface area (Å²) in [4.78, 5) is 6.75. The quantitative estimate of drug-likeness (QED) is 0.131. The van der Waals surface area contributed by atoms with Crippen molar-refractivity contribution in [2.75, 3.05) is 14.7 Å². The van der Waals surface area contributed by atoms with Gasteiger partial charge in [-0.1, -0.05) is 127 Å². The summed E-state index contributed by atoms with van der Waals surface area (Å²) in [7, 11) is 0. The van der Waals surface area contributed by atoms with E-state index in [9.17, 15) is 10.5 Å². The van der Waals surface area contributed by atoms with E-state index in [1.54, 1.807) is 0 Å². The van der Waals surface area contributed by atoms with Crippen molar-refractivity contribution in [1.29, 1.82) is 10.5 Å². The van der Waals surface area contributed by atoms with E-state index in [2.05, 4.69) is 185 Å². The van der Waals surface area contributed by atoms with E-state index < -0.39 is 0 Å². The molecule has 61 heavy (non-hydrogen) atoms. The SMILES string of the molecule is N#Cc1ccccc1-c1cccc(-c2ccccc2C#N)c1N(c1ccc(N(c2ccccc2)c2ccccc2)cc1)c1ccc(N(c2ccccc2)c2ccccc2)cc1. The number of anilines is 9. The maximum atomic E-state index is 10.4. The van der Waals surface area contributed by atoms with Crippen molar-refractivity contribution in [1.82, 2.24) is 0 Å². The zero-order valence-corrected chi connectivity index (χ0v) is 33.3. The highest BCUT2D eigenvalue weighted by atomic mass is 15.2. The zero-order chi connectivity index (χ0) is 41.4. The molecule has 0 aromatic heterocycles. The lowest BCUT2D eigenvalue weighted by Gasteiger charge is -2.32. The van der Waals surface area contributed by atoms with Gasteiger partial charge in [0, 0.05) is 67.8 Å². The lowest BCUT2D eigenvalue weighted by atomic mass is 9.90. The predicted molar refractivity (Wildman–Crippen MR) is 251 cm³/mol.